The van der Waals surface area contributed by atoms with Crippen molar-refractivity contribution in [1.29, 1.82) is 0 Å². The summed E-state index contributed by atoms with van der Waals surface area (Å²) < 4.78 is 5.37. The Kier molecular flexibility index (Phi) is 5.88. The molecule has 3 rings (SSSR count). The predicted molar refractivity (Wildman–Crippen MR) is 96.1 cm³/mol. The molecule has 5 nitrogen and oxygen atoms in total. The molecule has 1 aromatic carbocycles. The van der Waals surface area contributed by atoms with Crippen LogP contribution in [-0.4, -0.2) is 68.1 Å². The van der Waals surface area contributed by atoms with Crippen molar-refractivity contribution in [3.8, 4) is 5.75 Å². The molecule has 24 heavy (non-hydrogen) atoms. The van der Waals surface area contributed by atoms with E-state index in [-0.39, 0.29) is 11.9 Å². The molecule has 5 heteroatoms. The van der Waals surface area contributed by atoms with Crippen LogP contribution < -0.4 is 10.1 Å². The molecule has 0 radical (unpaired) electrons. The molecule has 2 aliphatic heterocycles. The van der Waals surface area contributed by atoms with Crippen LogP contribution >= 0.6 is 0 Å². The highest BCUT2D eigenvalue weighted by atomic mass is 16.5. The zero-order valence-corrected chi connectivity index (χ0v) is 14.4. The number of hydrogen-bond acceptors (Lipinski definition) is 4. The Morgan fingerprint density at radius 2 is 2.08 bits per heavy atom. The third-order valence-electron chi connectivity index (χ3n) is 4.78. The van der Waals surface area contributed by atoms with Crippen LogP contribution in [0.1, 0.15) is 18.4 Å². The quantitative estimate of drug-likeness (QED) is 0.891. The maximum absolute atomic E-state index is 12.5. The van der Waals surface area contributed by atoms with E-state index in [9.17, 15) is 4.79 Å². The summed E-state index contributed by atoms with van der Waals surface area (Å²) in [4.78, 5) is 16.9. The van der Waals surface area contributed by atoms with Gasteiger partial charge in [-0.3, -0.25) is 9.69 Å². The average molecular weight is 329 g/mol. The van der Waals surface area contributed by atoms with Gasteiger partial charge in [-0.05, 0) is 18.9 Å². The highest BCUT2D eigenvalue weighted by Crippen LogP contribution is 2.18. The van der Waals surface area contributed by atoms with Crippen LogP contribution in [0.3, 0.4) is 0 Å². The normalized spacial score (nSPS) is 22.2. The van der Waals surface area contributed by atoms with Crippen LogP contribution in [0.5, 0.6) is 5.75 Å². The standard InChI is InChI=1S/C19H27N3O2/c1-24-18-9-3-2-7-16(18)8-6-11-21-14-10-20-17(15-21)19(23)22-12-4-5-13-22/h2-3,6-9,17,20H,4-5,10-15H2,1H3. The Bertz CT molecular complexity index is 582. The SMILES string of the molecule is COc1ccccc1C=CCN1CCNC(C(=O)N2CCCC2)C1. The van der Waals surface area contributed by atoms with Gasteiger partial charge in [-0.25, -0.2) is 0 Å². The summed E-state index contributed by atoms with van der Waals surface area (Å²) in [6.07, 6.45) is 6.53. The van der Waals surface area contributed by atoms with Crippen molar-refractivity contribution < 1.29 is 9.53 Å². The first-order valence-corrected chi connectivity index (χ1v) is 8.82. The van der Waals surface area contributed by atoms with Crippen molar-refractivity contribution in [1.82, 2.24) is 15.1 Å². The predicted octanol–water partition coefficient (Wildman–Crippen LogP) is 1.60. The highest BCUT2D eigenvalue weighted by molar-refractivity contribution is 5.82. The molecule has 1 amide bonds. The molecule has 1 N–H and O–H groups in total. The lowest BCUT2D eigenvalue weighted by molar-refractivity contribution is -0.133. The maximum Gasteiger partial charge on any atom is 0.241 e. The molecule has 0 spiro atoms. The van der Waals surface area contributed by atoms with Crippen LogP contribution in [0.2, 0.25) is 0 Å². The Hall–Kier alpha value is -1.85. The fraction of sp³-hybridized carbons (Fsp3) is 0.526. The van der Waals surface area contributed by atoms with E-state index in [1.807, 2.05) is 29.2 Å². The average Bonchev–Trinajstić information content (AvgIpc) is 3.16. The number of likely N-dealkylation sites (tertiary alicyclic amines) is 1. The highest BCUT2D eigenvalue weighted by Gasteiger charge is 2.29. The molecular formula is C19H27N3O2. The molecule has 1 aromatic rings. The molecular weight excluding hydrogens is 302 g/mol. The molecule has 0 aliphatic carbocycles. The van der Waals surface area contributed by atoms with Crippen LogP contribution in [0.4, 0.5) is 0 Å². The van der Waals surface area contributed by atoms with Crippen LogP contribution in [0.15, 0.2) is 30.3 Å². The zero-order chi connectivity index (χ0) is 16.8. The van der Waals surface area contributed by atoms with Crippen molar-refractivity contribution in [2.45, 2.75) is 18.9 Å². The van der Waals surface area contributed by atoms with Crippen LogP contribution in [0.25, 0.3) is 6.08 Å². The lowest BCUT2D eigenvalue weighted by Crippen LogP contribution is -2.57. The van der Waals surface area contributed by atoms with Crippen LogP contribution in [0, 0.1) is 0 Å². The van der Waals surface area contributed by atoms with Gasteiger partial charge in [-0.2, -0.15) is 0 Å². The lowest BCUT2D eigenvalue weighted by Gasteiger charge is -2.34. The van der Waals surface area contributed by atoms with Gasteiger partial charge in [0, 0.05) is 44.8 Å². The van der Waals surface area contributed by atoms with E-state index in [0.29, 0.717) is 0 Å². The monoisotopic (exact) mass is 329 g/mol. The summed E-state index contributed by atoms with van der Waals surface area (Å²) in [6, 6.07) is 7.94. The number of carbonyl (C=O) groups is 1. The Labute approximate surface area is 144 Å². The summed E-state index contributed by atoms with van der Waals surface area (Å²) >= 11 is 0. The van der Waals surface area contributed by atoms with Crippen LogP contribution in [-0.2, 0) is 4.79 Å². The van der Waals surface area contributed by atoms with E-state index in [1.54, 1.807) is 7.11 Å². The fourth-order valence-electron chi connectivity index (χ4n) is 3.43. The molecule has 0 aromatic heterocycles. The van der Waals surface area contributed by atoms with E-state index in [0.717, 1.165) is 63.4 Å². The van der Waals surface area contributed by atoms with Crippen molar-refractivity contribution in [2.75, 3.05) is 46.4 Å². The number of rotatable bonds is 5. The Morgan fingerprint density at radius 1 is 1.29 bits per heavy atom. The first-order valence-electron chi connectivity index (χ1n) is 8.82. The third-order valence-corrected chi connectivity index (χ3v) is 4.78. The smallest absolute Gasteiger partial charge is 0.241 e. The molecule has 2 heterocycles. The second-order valence-electron chi connectivity index (χ2n) is 6.44. The van der Waals surface area contributed by atoms with Crippen molar-refractivity contribution in [3.63, 3.8) is 0 Å². The molecule has 2 fully saturated rings. The van der Waals surface area contributed by atoms with Gasteiger partial charge in [0.25, 0.3) is 0 Å². The Morgan fingerprint density at radius 3 is 2.88 bits per heavy atom. The summed E-state index contributed by atoms with van der Waals surface area (Å²) in [5.41, 5.74) is 1.08. The molecule has 0 bridgehead atoms. The van der Waals surface area contributed by atoms with Gasteiger partial charge in [0.1, 0.15) is 5.75 Å². The lowest BCUT2D eigenvalue weighted by atomic mass is 10.1. The minimum absolute atomic E-state index is 0.0588. The van der Waals surface area contributed by atoms with E-state index >= 15 is 0 Å². The molecule has 0 saturated carbocycles. The number of hydrogen-bond donors (Lipinski definition) is 1. The number of amides is 1. The largest absolute Gasteiger partial charge is 0.496 e. The van der Waals surface area contributed by atoms with Gasteiger partial charge in [0.05, 0.1) is 13.2 Å². The second kappa shape index (κ2) is 8.31. The molecule has 1 unspecified atom stereocenters. The number of ether oxygens (including phenoxy) is 1. The van der Waals surface area contributed by atoms with Gasteiger partial charge < -0.3 is 15.0 Å². The van der Waals surface area contributed by atoms with E-state index in [1.165, 1.54) is 0 Å². The van der Waals surface area contributed by atoms with Gasteiger partial charge >= 0.3 is 0 Å². The number of nitrogens with zero attached hydrogens (tertiary/aromatic N) is 2. The van der Waals surface area contributed by atoms with Gasteiger partial charge in [0.2, 0.25) is 5.91 Å². The topological polar surface area (TPSA) is 44.8 Å². The van der Waals surface area contributed by atoms with E-state index in [2.05, 4.69) is 22.4 Å². The number of benzene rings is 1. The number of para-hydroxylation sites is 1. The molecule has 1 atom stereocenters. The third kappa shape index (κ3) is 4.16. The number of methoxy groups -OCH3 is 1. The van der Waals surface area contributed by atoms with Crippen molar-refractivity contribution >= 4 is 12.0 Å². The van der Waals surface area contributed by atoms with Gasteiger partial charge in [-0.15, -0.1) is 0 Å². The number of piperazine rings is 1. The minimum Gasteiger partial charge on any atom is -0.496 e. The molecule has 2 saturated heterocycles. The van der Waals surface area contributed by atoms with E-state index < -0.39 is 0 Å². The zero-order valence-electron chi connectivity index (χ0n) is 14.4. The summed E-state index contributed by atoms with van der Waals surface area (Å²) in [7, 11) is 1.69. The Balaban J connectivity index is 1.53. The maximum atomic E-state index is 12.5. The molecule has 130 valence electrons. The van der Waals surface area contributed by atoms with Crippen molar-refractivity contribution in [2.24, 2.45) is 0 Å². The number of nitrogens with one attached hydrogen (secondary N) is 1. The minimum atomic E-state index is -0.0588. The van der Waals surface area contributed by atoms with Gasteiger partial charge in [0.15, 0.2) is 0 Å². The first-order chi connectivity index (χ1) is 11.8. The van der Waals surface area contributed by atoms with Gasteiger partial charge in [-0.1, -0.05) is 30.4 Å². The summed E-state index contributed by atoms with van der Waals surface area (Å²) in [6.45, 7) is 5.32. The summed E-state index contributed by atoms with van der Waals surface area (Å²) in [5, 5.41) is 3.38. The summed E-state index contributed by atoms with van der Waals surface area (Å²) in [5.74, 6) is 1.15. The first kappa shape index (κ1) is 17.0. The fourth-order valence-corrected chi connectivity index (χ4v) is 3.43. The number of carbonyl (C=O) groups excluding carboxylic acids is 1. The second-order valence-corrected chi connectivity index (χ2v) is 6.44. The molecule has 2 aliphatic rings. The van der Waals surface area contributed by atoms with E-state index in [4.69, 9.17) is 4.74 Å². The van der Waals surface area contributed by atoms with Crippen molar-refractivity contribution in [3.05, 3.63) is 35.9 Å².